The Labute approximate surface area is 97.0 Å². The number of hydrogen-bond donors (Lipinski definition) is 1. The van der Waals surface area contributed by atoms with Crippen LogP contribution in [0.25, 0.3) is 0 Å². The van der Waals surface area contributed by atoms with Crippen LogP contribution in [0.3, 0.4) is 0 Å². The molecule has 0 radical (unpaired) electrons. The highest BCUT2D eigenvalue weighted by Crippen LogP contribution is 2.24. The Kier molecular flexibility index (Phi) is 4.81. The Morgan fingerprint density at radius 3 is 2.44 bits per heavy atom. The Morgan fingerprint density at radius 1 is 1.31 bits per heavy atom. The number of nitrogens with zero attached hydrogens (tertiary/aromatic N) is 1. The molecule has 0 bridgehead atoms. The van der Waals surface area contributed by atoms with E-state index in [0.717, 1.165) is 29.8 Å². The standard InChI is InChI=1S/C13H18N2O/c1-10-7-12(9-14)8-11(2)13(10)16-6-4-5-15-3/h7-8,15H,4-6H2,1-3H3. The van der Waals surface area contributed by atoms with Crippen LogP contribution in [0.2, 0.25) is 0 Å². The summed E-state index contributed by atoms with van der Waals surface area (Å²) < 4.78 is 5.72. The predicted octanol–water partition coefficient (Wildman–Crippen LogP) is 2.16. The highest BCUT2D eigenvalue weighted by atomic mass is 16.5. The molecular formula is C13H18N2O. The highest BCUT2D eigenvalue weighted by Gasteiger charge is 2.05. The second-order valence-electron chi connectivity index (χ2n) is 3.86. The molecule has 0 heterocycles. The van der Waals surface area contributed by atoms with Gasteiger partial charge in [-0.3, -0.25) is 0 Å². The summed E-state index contributed by atoms with van der Waals surface area (Å²) in [5.41, 5.74) is 2.75. The third-order valence-electron chi connectivity index (χ3n) is 2.41. The van der Waals surface area contributed by atoms with Gasteiger partial charge in [0.15, 0.2) is 0 Å². The normalized spacial score (nSPS) is 9.88. The van der Waals surface area contributed by atoms with Crippen molar-refractivity contribution in [1.29, 1.82) is 5.26 Å². The molecule has 16 heavy (non-hydrogen) atoms. The van der Waals surface area contributed by atoms with E-state index in [1.807, 2.05) is 33.0 Å². The molecule has 1 N–H and O–H groups in total. The van der Waals surface area contributed by atoms with Gasteiger partial charge in [-0.05, 0) is 57.1 Å². The zero-order chi connectivity index (χ0) is 12.0. The molecule has 0 saturated carbocycles. The third-order valence-corrected chi connectivity index (χ3v) is 2.41. The average Bonchev–Trinajstić information content (AvgIpc) is 2.26. The van der Waals surface area contributed by atoms with Crippen LogP contribution in [0.15, 0.2) is 12.1 Å². The monoisotopic (exact) mass is 218 g/mol. The molecule has 3 heteroatoms. The maximum Gasteiger partial charge on any atom is 0.125 e. The van der Waals surface area contributed by atoms with E-state index >= 15 is 0 Å². The topological polar surface area (TPSA) is 45.0 Å². The molecule has 86 valence electrons. The van der Waals surface area contributed by atoms with Crippen LogP contribution >= 0.6 is 0 Å². The van der Waals surface area contributed by atoms with Crippen LogP contribution in [0.5, 0.6) is 5.75 Å². The molecule has 1 rings (SSSR count). The van der Waals surface area contributed by atoms with Crippen molar-refractivity contribution < 1.29 is 4.74 Å². The van der Waals surface area contributed by atoms with Gasteiger partial charge in [0.2, 0.25) is 0 Å². The number of ether oxygens (including phenoxy) is 1. The molecule has 0 unspecified atom stereocenters. The Balaban J connectivity index is 2.70. The minimum Gasteiger partial charge on any atom is -0.493 e. The SMILES string of the molecule is CNCCCOc1c(C)cc(C#N)cc1C. The van der Waals surface area contributed by atoms with E-state index in [9.17, 15) is 0 Å². The largest absolute Gasteiger partial charge is 0.493 e. The Morgan fingerprint density at radius 2 is 1.94 bits per heavy atom. The first-order valence-electron chi connectivity index (χ1n) is 5.47. The van der Waals surface area contributed by atoms with Gasteiger partial charge in [-0.15, -0.1) is 0 Å². The lowest BCUT2D eigenvalue weighted by molar-refractivity contribution is 0.306. The summed E-state index contributed by atoms with van der Waals surface area (Å²) in [5.74, 6) is 0.912. The van der Waals surface area contributed by atoms with E-state index in [4.69, 9.17) is 10.00 Å². The number of nitriles is 1. The van der Waals surface area contributed by atoms with Crippen molar-refractivity contribution in [2.45, 2.75) is 20.3 Å². The van der Waals surface area contributed by atoms with E-state index < -0.39 is 0 Å². The quantitative estimate of drug-likeness (QED) is 0.770. The molecule has 0 saturated heterocycles. The van der Waals surface area contributed by atoms with Crippen molar-refractivity contribution in [2.24, 2.45) is 0 Å². The van der Waals surface area contributed by atoms with Gasteiger partial charge in [-0.2, -0.15) is 5.26 Å². The van der Waals surface area contributed by atoms with Crippen LogP contribution in [0, 0.1) is 25.2 Å². The maximum absolute atomic E-state index is 8.82. The summed E-state index contributed by atoms with van der Waals surface area (Å²) in [5, 5.41) is 11.9. The average molecular weight is 218 g/mol. The van der Waals surface area contributed by atoms with Crippen LogP contribution in [0.1, 0.15) is 23.1 Å². The zero-order valence-corrected chi connectivity index (χ0v) is 10.1. The fraction of sp³-hybridized carbons (Fsp3) is 0.462. The lowest BCUT2D eigenvalue weighted by Gasteiger charge is -2.12. The zero-order valence-electron chi connectivity index (χ0n) is 10.1. The van der Waals surface area contributed by atoms with E-state index in [2.05, 4.69) is 11.4 Å². The molecular weight excluding hydrogens is 200 g/mol. The number of rotatable bonds is 5. The summed E-state index contributed by atoms with van der Waals surface area (Å²) in [6.07, 6.45) is 0.982. The second-order valence-corrected chi connectivity index (χ2v) is 3.86. The number of hydrogen-bond acceptors (Lipinski definition) is 3. The first-order valence-corrected chi connectivity index (χ1v) is 5.47. The molecule has 0 aliphatic heterocycles. The summed E-state index contributed by atoms with van der Waals surface area (Å²) in [4.78, 5) is 0. The van der Waals surface area contributed by atoms with Crippen molar-refractivity contribution in [2.75, 3.05) is 20.2 Å². The van der Waals surface area contributed by atoms with Crippen LogP contribution < -0.4 is 10.1 Å². The molecule has 0 aliphatic rings. The molecule has 0 aromatic heterocycles. The van der Waals surface area contributed by atoms with Crippen LogP contribution in [0.4, 0.5) is 0 Å². The first kappa shape index (κ1) is 12.5. The highest BCUT2D eigenvalue weighted by molar-refractivity contribution is 5.47. The lowest BCUT2D eigenvalue weighted by atomic mass is 10.1. The van der Waals surface area contributed by atoms with E-state index in [0.29, 0.717) is 12.2 Å². The van der Waals surface area contributed by atoms with E-state index in [1.54, 1.807) is 0 Å². The third kappa shape index (κ3) is 3.25. The van der Waals surface area contributed by atoms with Crippen molar-refractivity contribution in [3.63, 3.8) is 0 Å². The Hall–Kier alpha value is -1.53. The molecule has 0 aliphatic carbocycles. The van der Waals surface area contributed by atoms with E-state index in [-0.39, 0.29) is 0 Å². The molecule has 3 nitrogen and oxygen atoms in total. The van der Waals surface area contributed by atoms with Crippen molar-refractivity contribution in [3.05, 3.63) is 28.8 Å². The van der Waals surface area contributed by atoms with Gasteiger partial charge in [0.1, 0.15) is 5.75 Å². The van der Waals surface area contributed by atoms with Gasteiger partial charge in [0.25, 0.3) is 0 Å². The van der Waals surface area contributed by atoms with Crippen molar-refractivity contribution >= 4 is 0 Å². The number of nitrogens with one attached hydrogen (secondary N) is 1. The summed E-state index contributed by atoms with van der Waals surface area (Å²) >= 11 is 0. The molecule has 0 fully saturated rings. The van der Waals surface area contributed by atoms with Crippen molar-refractivity contribution in [1.82, 2.24) is 5.32 Å². The minimum atomic E-state index is 0.692. The molecule has 0 spiro atoms. The van der Waals surface area contributed by atoms with Gasteiger partial charge in [0.05, 0.1) is 18.2 Å². The van der Waals surface area contributed by atoms with Gasteiger partial charge in [-0.1, -0.05) is 0 Å². The second kappa shape index (κ2) is 6.14. The smallest absolute Gasteiger partial charge is 0.125 e. The molecule has 0 atom stereocenters. The minimum absolute atomic E-state index is 0.692. The molecule has 1 aromatic rings. The summed E-state index contributed by atoms with van der Waals surface area (Å²) in [6.45, 7) is 5.60. The van der Waals surface area contributed by atoms with Gasteiger partial charge in [-0.25, -0.2) is 0 Å². The molecule has 1 aromatic carbocycles. The maximum atomic E-state index is 8.82. The fourth-order valence-corrected chi connectivity index (χ4v) is 1.67. The first-order chi connectivity index (χ1) is 7.69. The van der Waals surface area contributed by atoms with Gasteiger partial charge >= 0.3 is 0 Å². The van der Waals surface area contributed by atoms with Crippen molar-refractivity contribution in [3.8, 4) is 11.8 Å². The number of aryl methyl sites for hydroxylation is 2. The Bertz CT molecular complexity index is 370. The number of benzene rings is 1. The molecule has 0 amide bonds. The van der Waals surface area contributed by atoms with Crippen LogP contribution in [-0.4, -0.2) is 20.2 Å². The summed E-state index contributed by atoms with van der Waals surface area (Å²) in [6, 6.07) is 5.87. The summed E-state index contributed by atoms with van der Waals surface area (Å²) in [7, 11) is 1.93. The van der Waals surface area contributed by atoms with E-state index in [1.165, 1.54) is 0 Å². The predicted molar refractivity (Wildman–Crippen MR) is 64.7 cm³/mol. The van der Waals surface area contributed by atoms with Gasteiger partial charge < -0.3 is 10.1 Å². The van der Waals surface area contributed by atoms with Gasteiger partial charge in [0, 0.05) is 0 Å². The lowest BCUT2D eigenvalue weighted by Crippen LogP contribution is -2.12. The van der Waals surface area contributed by atoms with Crippen LogP contribution in [-0.2, 0) is 0 Å². The fourth-order valence-electron chi connectivity index (χ4n) is 1.67.